The minimum absolute atomic E-state index is 0.0873. The summed E-state index contributed by atoms with van der Waals surface area (Å²) in [5, 5.41) is 3.27. The van der Waals surface area contributed by atoms with Gasteiger partial charge in [-0.25, -0.2) is 0 Å². The number of hydrogen-bond donors (Lipinski definition) is 1. The van der Waals surface area contributed by atoms with E-state index in [-0.39, 0.29) is 5.54 Å². The first-order valence-electron chi connectivity index (χ1n) is 3.97. The van der Waals surface area contributed by atoms with Crippen LogP contribution in [0.4, 0.5) is 0 Å². The van der Waals surface area contributed by atoms with Gasteiger partial charge in [-0.05, 0) is 32.7 Å². The van der Waals surface area contributed by atoms with E-state index in [1.165, 1.54) is 0 Å². The molecule has 1 rings (SSSR count). The van der Waals surface area contributed by atoms with Crippen LogP contribution in [-0.4, -0.2) is 17.9 Å². The van der Waals surface area contributed by atoms with Crippen LogP contribution in [0.15, 0.2) is 0 Å². The molecular weight excluding hydrogens is 126 g/mol. The van der Waals surface area contributed by atoms with E-state index in [0.29, 0.717) is 5.78 Å². The summed E-state index contributed by atoms with van der Waals surface area (Å²) in [5.41, 5.74) is -0.0873. The van der Waals surface area contributed by atoms with Gasteiger partial charge in [0.25, 0.3) is 0 Å². The molecular formula is C8H15NO. The molecule has 0 aromatic heterocycles. The minimum atomic E-state index is -0.0873. The molecule has 0 atom stereocenters. The molecule has 10 heavy (non-hydrogen) atoms. The summed E-state index contributed by atoms with van der Waals surface area (Å²) in [6.07, 6.45) is 3.19. The molecule has 0 spiro atoms. The standard InChI is InChI=1S/C8H15NO/c1-3-6-9-8(4-5-8)7(2)10/h9H,3-6H2,1-2H3. The van der Waals surface area contributed by atoms with Crippen molar-refractivity contribution in [2.45, 2.75) is 38.6 Å². The molecule has 0 aromatic carbocycles. The summed E-state index contributed by atoms with van der Waals surface area (Å²) in [4.78, 5) is 11.0. The molecule has 0 saturated heterocycles. The van der Waals surface area contributed by atoms with Crippen molar-refractivity contribution < 1.29 is 4.79 Å². The molecule has 1 saturated carbocycles. The van der Waals surface area contributed by atoms with Gasteiger partial charge in [0, 0.05) is 0 Å². The van der Waals surface area contributed by atoms with E-state index >= 15 is 0 Å². The third kappa shape index (κ3) is 1.37. The minimum Gasteiger partial charge on any atom is -0.305 e. The molecule has 0 aliphatic heterocycles. The van der Waals surface area contributed by atoms with Gasteiger partial charge in [-0.2, -0.15) is 0 Å². The average Bonchev–Trinajstić information content (AvgIpc) is 2.64. The summed E-state index contributed by atoms with van der Waals surface area (Å²) >= 11 is 0. The van der Waals surface area contributed by atoms with Crippen LogP contribution in [0.5, 0.6) is 0 Å². The molecule has 0 unspecified atom stereocenters. The number of Topliss-reactive ketones (excluding diaryl/α,β-unsaturated/α-hetero) is 1. The molecule has 1 N–H and O–H groups in total. The Bertz CT molecular complexity index is 138. The van der Waals surface area contributed by atoms with Gasteiger partial charge in [-0.15, -0.1) is 0 Å². The highest BCUT2D eigenvalue weighted by atomic mass is 16.1. The second kappa shape index (κ2) is 2.70. The van der Waals surface area contributed by atoms with Gasteiger partial charge < -0.3 is 5.32 Å². The average molecular weight is 141 g/mol. The molecule has 0 radical (unpaired) electrons. The lowest BCUT2D eigenvalue weighted by atomic mass is 10.2. The normalized spacial score (nSPS) is 20.6. The lowest BCUT2D eigenvalue weighted by Gasteiger charge is -2.11. The van der Waals surface area contributed by atoms with E-state index in [1.54, 1.807) is 6.92 Å². The van der Waals surface area contributed by atoms with Crippen LogP contribution in [0, 0.1) is 0 Å². The quantitative estimate of drug-likeness (QED) is 0.635. The smallest absolute Gasteiger partial charge is 0.149 e. The zero-order chi connectivity index (χ0) is 7.61. The number of nitrogens with one attached hydrogen (secondary N) is 1. The van der Waals surface area contributed by atoms with Crippen LogP contribution in [0.25, 0.3) is 0 Å². The fraction of sp³-hybridized carbons (Fsp3) is 0.875. The second-order valence-electron chi connectivity index (χ2n) is 3.07. The summed E-state index contributed by atoms with van der Waals surface area (Å²) in [6.45, 7) is 4.76. The summed E-state index contributed by atoms with van der Waals surface area (Å²) in [5.74, 6) is 0.306. The molecule has 1 aliphatic carbocycles. The number of hydrogen-bond acceptors (Lipinski definition) is 2. The van der Waals surface area contributed by atoms with E-state index in [9.17, 15) is 4.79 Å². The second-order valence-corrected chi connectivity index (χ2v) is 3.07. The number of rotatable bonds is 4. The van der Waals surface area contributed by atoms with E-state index in [0.717, 1.165) is 25.8 Å². The van der Waals surface area contributed by atoms with E-state index in [2.05, 4.69) is 12.2 Å². The number of ketones is 1. The van der Waals surface area contributed by atoms with Crippen molar-refractivity contribution in [3.8, 4) is 0 Å². The Morgan fingerprint density at radius 3 is 2.50 bits per heavy atom. The molecule has 58 valence electrons. The number of carbonyl (C=O) groups excluding carboxylic acids is 1. The van der Waals surface area contributed by atoms with E-state index < -0.39 is 0 Å². The predicted octanol–water partition coefficient (Wildman–Crippen LogP) is 1.11. The van der Waals surface area contributed by atoms with E-state index in [4.69, 9.17) is 0 Å². The maximum absolute atomic E-state index is 11.0. The van der Waals surface area contributed by atoms with Gasteiger partial charge in [-0.3, -0.25) is 4.79 Å². The zero-order valence-electron chi connectivity index (χ0n) is 6.74. The third-order valence-corrected chi connectivity index (χ3v) is 2.14. The van der Waals surface area contributed by atoms with Crippen molar-refractivity contribution in [1.82, 2.24) is 5.32 Å². The molecule has 2 heteroatoms. The molecule has 0 aromatic rings. The van der Waals surface area contributed by atoms with Crippen molar-refractivity contribution in [2.24, 2.45) is 0 Å². The largest absolute Gasteiger partial charge is 0.305 e. The Hall–Kier alpha value is -0.370. The lowest BCUT2D eigenvalue weighted by Crippen LogP contribution is -2.38. The predicted molar refractivity (Wildman–Crippen MR) is 40.9 cm³/mol. The van der Waals surface area contributed by atoms with Gasteiger partial charge in [0.05, 0.1) is 5.54 Å². The monoisotopic (exact) mass is 141 g/mol. The molecule has 0 bridgehead atoms. The van der Waals surface area contributed by atoms with Crippen molar-refractivity contribution in [1.29, 1.82) is 0 Å². The van der Waals surface area contributed by atoms with Crippen molar-refractivity contribution in [3.05, 3.63) is 0 Å². The Balaban J connectivity index is 2.31. The SMILES string of the molecule is CCCNC1(C(C)=O)CC1. The highest BCUT2D eigenvalue weighted by Gasteiger charge is 2.46. The van der Waals surface area contributed by atoms with Gasteiger partial charge in [0.15, 0.2) is 0 Å². The number of carbonyl (C=O) groups is 1. The fourth-order valence-electron chi connectivity index (χ4n) is 1.14. The van der Waals surface area contributed by atoms with Crippen LogP contribution in [-0.2, 0) is 4.79 Å². The first-order chi connectivity index (χ1) is 4.71. The Morgan fingerprint density at radius 2 is 2.20 bits per heavy atom. The van der Waals surface area contributed by atoms with Crippen molar-refractivity contribution in [2.75, 3.05) is 6.54 Å². The summed E-state index contributed by atoms with van der Waals surface area (Å²) in [7, 11) is 0. The highest BCUT2D eigenvalue weighted by molar-refractivity contribution is 5.89. The van der Waals surface area contributed by atoms with Gasteiger partial charge in [0.2, 0.25) is 0 Å². The van der Waals surface area contributed by atoms with Gasteiger partial charge >= 0.3 is 0 Å². The lowest BCUT2D eigenvalue weighted by molar-refractivity contribution is -0.119. The summed E-state index contributed by atoms with van der Waals surface area (Å²) < 4.78 is 0. The molecule has 0 heterocycles. The van der Waals surface area contributed by atoms with E-state index in [1.807, 2.05) is 0 Å². The topological polar surface area (TPSA) is 29.1 Å². The first-order valence-corrected chi connectivity index (χ1v) is 3.97. The summed E-state index contributed by atoms with van der Waals surface area (Å²) in [6, 6.07) is 0. The third-order valence-electron chi connectivity index (χ3n) is 2.14. The van der Waals surface area contributed by atoms with Crippen LogP contribution < -0.4 is 5.32 Å². The maximum Gasteiger partial charge on any atom is 0.149 e. The molecule has 1 fully saturated rings. The Labute approximate surface area is 62.0 Å². The Kier molecular flexibility index (Phi) is 2.09. The van der Waals surface area contributed by atoms with Gasteiger partial charge in [-0.1, -0.05) is 6.92 Å². The van der Waals surface area contributed by atoms with Crippen LogP contribution >= 0.6 is 0 Å². The first kappa shape index (κ1) is 7.73. The van der Waals surface area contributed by atoms with Crippen LogP contribution in [0.1, 0.15) is 33.1 Å². The molecule has 0 amide bonds. The van der Waals surface area contributed by atoms with Crippen molar-refractivity contribution >= 4 is 5.78 Å². The fourth-order valence-corrected chi connectivity index (χ4v) is 1.14. The highest BCUT2D eigenvalue weighted by Crippen LogP contribution is 2.35. The molecule has 2 nitrogen and oxygen atoms in total. The van der Waals surface area contributed by atoms with Crippen molar-refractivity contribution in [3.63, 3.8) is 0 Å². The zero-order valence-corrected chi connectivity index (χ0v) is 6.74. The van der Waals surface area contributed by atoms with Crippen LogP contribution in [0.3, 0.4) is 0 Å². The Morgan fingerprint density at radius 1 is 1.60 bits per heavy atom. The maximum atomic E-state index is 11.0. The molecule has 1 aliphatic rings. The van der Waals surface area contributed by atoms with Gasteiger partial charge in [0.1, 0.15) is 5.78 Å². The van der Waals surface area contributed by atoms with Crippen LogP contribution in [0.2, 0.25) is 0 Å².